The zero-order chi connectivity index (χ0) is 18.1. The van der Waals surface area contributed by atoms with E-state index in [-0.39, 0.29) is 5.78 Å². The van der Waals surface area contributed by atoms with E-state index in [0.717, 1.165) is 27.4 Å². The van der Waals surface area contributed by atoms with Crippen molar-refractivity contribution in [2.45, 2.75) is 13.3 Å². The summed E-state index contributed by atoms with van der Waals surface area (Å²) in [5.41, 5.74) is 2.28. The third-order valence-corrected chi connectivity index (χ3v) is 4.56. The highest BCUT2D eigenvalue weighted by Crippen LogP contribution is 2.31. The topological polar surface area (TPSA) is 54.9 Å². The second-order valence-electron chi connectivity index (χ2n) is 6.03. The van der Waals surface area contributed by atoms with E-state index in [1.807, 2.05) is 61.7 Å². The van der Waals surface area contributed by atoms with Gasteiger partial charge in [0.25, 0.3) is 0 Å². The molecule has 0 fully saturated rings. The first-order valence-electron chi connectivity index (χ1n) is 8.39. The molecule has 0 amide bonds. The van der Waals surface area contributed by atoms with E-state index >= 15 is 0 Å². The molecule has 26 heavy (non-hydrogen) atoms. The van der Waals surface area contributed by atoms with Crippen molar-refractivity contribution in [3.63, 3.8) is 0 Å². The molecule has 0 atom stereocenters. The quantitative estimate of drug-likeness (QED) is 0.370. The molecule has 0 radical (unpaired) electrons. The average molecular weight is 362 g/mol. The minimum absolute atomic E-state index is 0.101. The van der Waals surface area contributed by atoms with Gasteiger partial charge in [0.15, 0.2) is 5.78 Å². The van der Waals surface area contributed by atoms with Gasteiger partial charge in [-0.05, 0) is 30.3 Å². The summed E-state index contributed by atoms with van der Waals surface area (Å²) in [4.78, 5) is 21.1. The highest BCUT2D eigenvalue weighted by Gasteiger charge is 2.11. The minimum Gasteiger partial charge on any atom is -0.340 e. The Labute approximate surface area is 155 Å². The lowest BCUT2D eigenvalue weighted by Gasteiger charge is -2.12. The molecule has 4 rings (SSSR count). The maximum atomic E-state index is 12.1. The summed E-state index contributed by atoms with van der Waals surface area (Å²) in [6.45, 7) is 1.86. The Morgan fingerprint density at radius 3 is 2.77 bits per heavy atom. The lowest BCUT2D eigenvalue weighted by molar-refractivity contribution is 0.0988. The summed E-state index contributed by atoms with van der Waals surface area (Å²) in [5.74, 6) is 0.808. The van der Waals surface area contributed by atoms with Crippen molar-refractivity contribution < 1.29 is 4.79 Å². The maximum absolute atomic E-state index is 12.1. The fraction of sp³-hybridized carbons (Fsp3) is 0.0952. The molecule has 128 valence electrons. The SMILES string of the molecule is CCC(=O)c1ccc2c(c1)nc(Nc1cccc(Cl)c1)c1ccncc12. The van der Waals surface area contributed by atoms with Crippen LogP contribution < -0.4 is 5.32 Å². The van der Waals surface area contributed by atoms with Crippen LogP contribution in [0.1, 0.15) is 23.7 Å². The first kappa shape index (κ1) is 16.5. The molecule has 0 aliphatic rings. The number of carbonyl (C=O) groups is 1. The number of ketones is 1. The normalized spacial score (nSPS) is 11.0. The molecule has 0 saturated heterocycles. The van der Waals surface area contributed by atoms with E-state index in [1.165, 1.54) is 0 Å². The number of nitrogens with zero attached hydrogens (tertiary/aromatic N) is 2. The Balaban J connectivity index is 1.93. The molecule has 2 heterocycles. The zero-order valence-corrected chi connectivity index (χ0v) is 14.9. The fourth-order valence-corrected chi connectivity index (χ4v) is 3.21. The van der Waals surface area contributed by atoms with Crippen LogP contribution in [0.25, 0.3) is 21.7 Å². The van der Waals surface area contributed by atoms with Gasteiger partial charge in [-0.15, -0.1) is 0 Å². The van der Waals surface area contributed by atoms with Gasteiger partial charge in [-0.25, -0.2) is 4.98 Å². The van der Waals surface area contributed by atoms with Crippen LogP contribution in [0.4, 0.5) is 11.5 Å². The molecule has 5 heteroatoms. The van der Waals surface area contributed by atoms with Crippen LogP contribution in [0.3, 0.4) is 0 Å². The summed E-state index contributed by atoms with van der Waals surface area (Å²) in [5, 5.41) is 6.90. The monoisotopic (exact) mass is 361 g/mol. The van der Waals surface area contributed by atoms with Crippen molar-refractivity contribution in [3.05, 3.63) is 71.5 Å². The lowest BCUT2D eigenvalue weighted by Crippen LogP contribution is -1.99. The second-order valence-corrected chi connectivity index (χ2v) is 6.46. The molecular formula is C21H16ClN3O. The van der Waals surface area contributed by atoms with Crippen molar-refractivity contribution in [2.24, 2.45) is 0 Å². The molecule has 0 aliphatic carbocycles. The number of aromatic nitrogens is 2. The van der Waals surface area contributed by atoms with Gasteiger partial charge in [0, 0.05) is 51.2 Å². The van der Waals surface area contributed by atoms with Crippen LogP contribution in [-0.2, 0) is 0 Å². The summed E-state index contributed by atoms with van der Waals surface area (Å²) in [6, 6.07) is 15.1. The van der Waals surface area contributed by atoms with Gasteiger partial charge in [-0.3, -0.25) is 9.78 Å². The van der Waals surface area contributed by atoms with Gasteiger partial charge in [0.1, 0.15) is 5.82 Å². The van der Waals surface area contributed by atoms with Crippen LogP contribution in [0.5, 0.6) is 0 Å². The van der Waals surface area contributed by atoms with Crippen LogP contribution in [0.15, 0.2) is 60.9 Å². The van der Waals surface area contributed by atoms with E-state index in [9.17, 15) is 4.79 Å². The molecule has 0 spiro atoms. The summed E-state index contributed by atoms with van der Waals surface area (Å²) in [7, 11) is 0. The number of anilines is 2. The largest absolute Gasteiger partial charge is 0.340 e. The predicted octanol–water partition coefficient (Wildman–Crippen LogP) is 5.77. The van der Waals surface area contributed by atoms with Gasteiger partial charge < -0.3 is 5.32 Å². The number of hydrogen-bond donors (Lipinski definition) is 1. The van der Waals surface area contributed by atoms with Crippen LogP contribution >= 0.6 is 11.6 Å². The first-order chi connectivity index (χ1) is 12.7. The van der Waals surface area contributed by atoms with E-state index < -0.39 is 0 Å². The van der Waals surface area contributed by atoms with Gasteiger partial charge >= 0.3 is 0 Å². The number of Topliss-reactive ketones (excluding diaryl/α,β-unsaturated/α-hetero) is 1. The van der Waals surface area contributed by atoms with Crippen molar-refractivity contribution in [1.29, 1.82) is 0 Å². The summed E-state index contributed by atoms with van der Waals surface area (Å²) in [6.07, 6.45) is 4.03. The molecule has 4 aromatic rings. The number of halogens is 1. The minimum atomic E-state index is 0.101. The summed E-state index contributed by atoms with van der Waals surface area (Å²) < 4.78 is 0. The fourth-order valence-electron chi connectivity index (χ4n) is 3.02. The highest BCUT2D eigenvalue weighted by molar-refractivity contribution is 6.30. The van der Waals surface area contributed by atoms with Crippen molar-refractivity contribution in [2.75, 3.05) is 5.32 Å². The molecule has 4 nitrogen and oxygen atoms in total. The molecule has 2 aromatic carbocycles. The average Bonchev–Trinajstić information content (AvgIpc) is 2.67. The van der Waals surface area contributed by atoms with E-state index in [1.54, 1.807) is 6.20 Å². The molecular weight excluding hydrogens is 346 g/mol. The Morgan fingerprint density at radius 1 is 1.08 bits per heavy atom. The number of pyridine rings is 2. The van der Waals surface area contributed by atoms with Crippen molar-refractivity contribution in [3.8, 4) is 0 Å². The van der Waals surface area contributed by atoms with E-state index in [4.69, 9.17) is 16.6 Å². The number of carbonyl (C=O) groups excluding carboxylic acids is 1. The molecule has 1 N–H and O–H groups in total. The standard InChI is InChI=1S/C21H16ClN3O/c1-2-20(26)13-6-7-16-18-12-23-9-8-17(18)21(25-19(16)10-13)24-15-5-3-4-14(22)11-15/h3-12H,2H2,1H3,(H,24,25). The number of hydrogen-bond acceptors (Lipinski definition) is 4. The molecule has 0 aliphatic heterocycles. The van der Waals surface area contributed by atoms with E-state index in [0.29, 0.717) is 22.8 Å². The number of nitrogens with one attached hydrogen (secondary N) is 1. The molecule has 2 aromatic heterocycles. The zero-order valence-electron chi connectivity index (χ0n) is 14.2. The number of rotatable bonds is 4. The Bertz CT molecular complexity index is 1140. The molecule has 0 saturated carbocycles. The van der Waals surface area contributed by atoms with Gasteiger partial charge in [0.2, 0.25) is 0 Å². The molecule has 0 unspecified atom stereocenters. The number of fused-ring (bicyclic) bond motifs is 3. The molecule has 0 bridgehead atoms. The highest BCUT2D eigenvalue weighted by atomic mass is 35.5. The van der Waals surface area contributed by atoms with Gasteiger partial charge in [-0.1, -0.05) is 36.7 Å². The summed E-state index contributed by atoms with van der Waals surface area (Å²) >= 11 is 6.09. The van der Waals surface area contributed by atoms with Gasteiger partial charge in [0.05, 0.1) is 5.52 Å². The van der Waals surface area contributed by atoms with Crippen LogP contribution in [0, 0.1) is 0 Å². The second kappa shape index (κ2) is 6.73. The third kappa shape index (κ3) is 3.00. The van der Waals surface area contributed by atoms with Crippen LogP contribution in [-0.4, -0.2) is 15.8 Å². The lowest BCUT2D eigenvalue weighted by atomic mass is 10.0. The maximum Gasteiger partial charge on any atom is 0.162 e. The van der Waals surface area contributed by atoms with Crippen LogP contribution in [0.2, 0.25) is 5.02 Å². The Kier molecular flexibility index (Phi) is 4.27. The van der Waals surface area contributed by atoms with Gasteiger partial charge in [-0.2, -0.15) is 0 Å². The Morgan fingerprint density at radius 2 is 1.96 bits per heavy atom. The van der Waals surface area contributed by atoms with Crippen molar-refractivity contribution >= 4 is 50.6 Å². The third-order valence-electron chi connectivity index (χ3n) is 4.33. The van der Waals surface area contributed by atoms with E-state index in [2.05, 4.69) is 10.3 Å². The van der Waals surface area contributed by atoms with Crippen molar-refractivity contribution in [1.82, 2.24) is 9.97 Å². The predicted molar refractivity (Wildman–Crippen MR) is 106 cm³/mol. The smallest absolute Gasteiger partial charge is 0.162 e. The first-order valence-corrected chi connectivity index (χ1v) is 8.77. The number of benzene rings is 2. The Hall–Kier alpha value is -2.98.